The lowest BCUT2D eigenvalue weighted by atomic mass is 9.97. The number of hydrogen-bond acceptors (Lipinski definition) is 5. The fourth-order valence-electron chi connectivity index (χ4n) is 3.97. The third-order valence-electron chi connectivity index (χ3n) is 5.47. The number of ether oxygens (including phenoxy) is 2. The third kappa shape index (κ3) is 3.56. The lowest BCUT2D eigenvalue weighted by molar-refractivity contribution is -0.123. The van der Waals surface area contributed by atoms with Gasteiger partial charge in [0, 0.05) is 13.1 Å². The molecule has 6 nitrogen and oxygen atoms in total. The van der Waals surface area contributed by atoms with E-state index in [1.807, 2.05) is 17.0 Å². The maximum Gasteiger partial charge on any atom is 0.251 e. The van der Waals surface area contributed by atoms with Crippen LogP contribution >= 0.6 is 23.2 Å². The van der Waals surface area contributed by atoms with Crippen molar-refractivity contribution in [1.29, 1.82) is 0 Å². The number of hydrogen-bond donors (Lipinski definition) is 0. The lowest BCUT2D eigenvalue weighted by Gasteiger charge is -2.32. The number of anilines is 1. The second kappa shape index (κ2) is 7.86. The minimum absolute atomic E-state index is 0.141. The highest BCUT2D eigenvalue weighted by Gasteiger charge is 2.43. The van der Waals surface area contributed by atoms with Gasteiger partial charge in [-0.25, -0.2) is 4.90 Å². The molecule has 2 aliphatic rings. The van der Waals surface area contributed by atoms with Crippen molar-refractivity contribution in [3.05, 3.63) is 51.5 Å². The summed E-state index contributed by atoms with van der Waals surface area (Å²) < 4.78 is 10.8. The topological polar surface area (TPSA) is 59.1 Å². The summed E-state index contributed by atoms with van der Waals surface area (Å²) in [6.45, 7) is 1.25. The van der Waals surface area contributed by atoms with Crippen molar-refractivity contribution in [2.24, 2.45) is 0 Å². The minimum Gasteiger partial charge on any atom is -0.493 e. The van der Waals surface area contributed by atoms with E-state index in [0.29, 0.717) is 40.3 Å². The van der Waals surface area contributed by atoms with Crippen molar-refractivity contribution in [3.63, 3.8) is 0 Å². The van der Waals surface area contributed by atoms with Crippen molar-refractivity contribution in [1.82, 2.24) is 4.90 Å². The number of imide groups is 1. The van der Waals surface area contributed by atoms with Gasteiger partial charge in [-0.15, -0.1) is 0 Å². The molecule has 0 bridgehead atoms. The van der Waals surface area contributed by atoms with Crippen LogP contribution < -0.4 is 14.4 Å². The van der Waals surface area contributed by atoms with Crippen LogP contribution in [0.15, 0.2) is 30.3 Å². The highest BCUT2D eigenvalue weighted by Crippen LogP contribution is 2.36. The van der Waals surface area contributed by atoms with Crippen LogP contribution in [-0.2, 0) is 22.6 Å². The summed E-state index contributed by atoms with van der Waals surface area (Å²) in [6.07, 6.45) is 0.905. The molecule has 1 fully saturated rings. The van der Waals surface area contributed by atoms with Gasteiger partial charge in [-0.1, -0.05) is 23.2 Å². The highest BCUT2D eigenvalue weighted by atomic mass is 35.5. The van der Waals surface area contributed by atoms with Crippen LogP contribution in [0.5, 0.6) is 11.5 Å². The maximum absolute atomic E-state index is 13.1. The van der Waals surface area contributed by atoms with Crippen LogP contribution in [0.1, 0.15) is 17.5 Å². The Balaban J connectivity index is 1.58. The zero-order chi connectivity index (χ0) is 20.7. The Morgan fingerprint density at radius 2 is 1.66 bits per heavy atom. The van der Waals surface area contributed by atoms with Crippen molar-refractivity contribution >= 4 is 40.7 Å². The summed E-state index contributed by atoms with van der Waals surface area (Å²) in [5.41, 5.74) is 2.68. The van der Waals surface area contributed by atoms with Gasteiger partial charge in [0.15, 0.2) is 11.5 Å². The lowest BCUT2D eigenvalue weighted by Crippen LogP contribution is -2.44. The molecule has 2 aliphatic heterocycles. The van der Waals surface area contributed by atoms with Crippen LogP contribution in [0, 0.1) is 0 Å². The first-order valence-electron chi connectivity index (χ1n) is 9.22. The number of nitrogens with zero attached hydrogens (tertiary/aromatic N) is 2. The summed E-state index contributed by atoms with van der Waals surface area (Å²) in [7, 11) is 3.21. The van der Waals surface area contributed by atoms with Gasteiger partial charge in [0.25, 0.3) is 5.91 Å². The van der Waals surface area contributed by atoms with Crippen LogP contribution in [0.25, 0.3) is 0 Å². The largest absolute Gasteiger partial charge is 0.493 e. The predicted octanol–water partition coefficient (Wildman–Crippen LogP) is 3.70. The maximum atomic E-state index is 13.1. The third-order valence-corrected chi connectivity index (χ3v) is 6.21. The molecule has 152 valence electrons. The van der Waals surface area contributed by atoms with Gasteiger partial charge in [0.2, 0.25) is 5.91 Å². The first-order valence-corrected chi connectivity index (χ1v) is 9.98. The molecule has 2 amide bonds. The summed E-state index contributed by atoms with van der Waals surface area (Å²) in [6, 6.07) is 8.19. The Hall–Kier alpha value is -2.28. The molecule has 0 N–H and O–H groups in total. The van der Waals surface area contributed by atoms with Gasteiger partial charge >= 0.3 is 0 Å². The van der Waals surface area contributed by atoms with Gasteiger partial charge < -0.3 is 9.47 Å². The molecule has 0 saturated carbocycles. The molecule has 2 aromatic rings. The molecule has 2 heterocycles. The summed E-state index contributed by atoms with van der Waals surface area (Å²) in [4.78, 5) is 29.0. The smallest absolute Gasteiger partial charge is 0.251 e. The van der Waals surface area contributed by atoms with Crippen molar-refractivity contribution in [2.45, 2.75) is 25.4 Å². The summed E-state index contributed by atoms with van der Waals surface area (Å²) in [5.74, 6) is 0.866. The first-order chi connectivity index (χ1) is 13.9. The normalized spacial score (nSPS) is 19.4. The highest BCUT2D eigenvalue weighted by molar-refractivity contribution is 6.42. The average molecular weight is 435 g/mol. The van der Waals surface area contributed by atoms with Gasteiger partial charge in [-0.2, -0.15) is 0 Å². The van der Waals surface area contributed by atoms with Crippen LogP contribution in [0.4, 0.5) is 5.69 Å². The number of benzene rings is 2. The molecule has 4 rings (SSSR count). The van der Waals surface area contributed by atoms with E-state index in [9.17, 15) is 9.59 Å². The van der Waals surface area contributed by atoms with Gasteiger partial charge in [0.05, 0.1) is 42.4 Å². The predicted molar refractivity (Wildman–Crippen MR) is 111 cm³/mol. The Bertz CT molecular complexity index is 995. The van der Waals surface area contributed by atoms with E-state index in [0.717, 1.165) is 17.5 Å². The molecule has 0 spiro atoms. The average Bonchev–Trinajstić information content (AvgIpc) is 3.02. The second-order valence-electron chi connectivity index (χ2n) is 7.08. The standard InChI is InChI=1S/C21H20Cl2N2O4/c1-28-18-7-12-5-6-24(11-13(12)8-19(18)29-2)17-10-20(26)25(21(17)27)14-3-4-15(22)16(23)9-14/h3-4,7-9,17H,5-6,10-11H2,1-2H3/t17-/m0/s1. The molecular formula is C21H20Cl2N2O4. The number of fused-ring (bicyclic) bond motifs is 1. The van der Waals surface area contributed by atoms with E-state index in [2.05, 4.69) is 0 Å². The molecule has 1 atom stereocenters. The number of carbonyl (C=O) groups excluding carboxylic acids is 2. The number of carbonyl (C=O) groups is 2. The zero-order valence-corrected chi connectivity index (χ0v) is 17.6. The molecule has 0 unspecified atom stereocenters. The van der Waals surface area contributed by atoms with E-state index in [4.69, 9.17) is 32.7 Å². The Morgan fingerprint density at radius 1 is 0.966 bits per heavy atom. The van der Waals surface area contributed by atoms with Crippen LogP contribution in [-0.4, -0.2) is 43.5 Å². The molecule has 1 saturated heterocycles. The molecule has 0 radical (unpaired) electrons. The molecule has 0 aromatic heterocycles. The fourth-order valence-corrected chi connectivity index (χ4v) is 4.26. The second-order valence-corrected chi connectivity index (χ2v) is 7.90. The van der Waals surface area contributed by atoms with Crippen molar-refractivity contribution < 1.29 is 19.1 Å². The van der Waals surface area contributed by atoms with Crippen molar-refractivity contribution in [3.8, 4) is 11.5 Å². The molecule has 0 aliphatic carbocycles. The van der Waals surface area contributed by atoms with Gasteiger partial charge in [-0.05, 0) is 47.9 Å². The number of methoxy groups -OCH3 is 2. The van der Waals surface area contributed by atoms with E-state index in [-0.39, 0.29) is 18.2 Å². The summed E-state index contributed by atoms with van der Waals surface area (Å²) in [5, 5.41) is 0.684. The minimum atomic E-state index is -0.502. The monoisotopic (exact) mass is 434 g/mol. The van der Waals surface area contributed by atoms with Crippen molar-refractivity contribution in [2.75, 3.05) is 25.7 Å². The number of halogens is 2. The van der Waals surface area contributed by atoms with E-state index >= 15 is 0 Å². The van der Waals surface area contributed by atoms with Crippen LogP contribution in [0.3, 0.4) is 0 Å². The number of amides is 2. The fraction of sp³-hybridized carbons (Fsp3) is 0.333. The molecule has 2 aromatic carbocycles. The van der Waals surface area contributed by atoms with Crippen LogP contribution in [0.2, 0.25) is 10.0 Å². The first kappa shape index (κ1) is 20.0. The van der Waals surface area contributed by atoms with E-state index in [1.165, 1.54) is 4.90 Å². The zero-order valence-electron chi connectivity index (χ0n) is 16.1. The van der Waals surface area contributed by atoms with Gasteiger partial charge in [-0.3, -0.25) is 14.5 Å². The quantitative estimate of drug-likeness (QED) is 0.686. The Kier molecular flexibility index (Phi) is 5.42. The van der Waals surface area contributed by atoms with E-state index in [1.54, 1.807) is 32.4 Å². The molecule has 29 heavy (non-hydrogen) atoms. The Labute approximate surface area is 178 Å². The molecule has 8 heteroatoms. The Morgan fingerprint density at radius 3 is 2.31 bits per heavy atom. The van der Waals surface area contributed by atoms with Gasteiger partial charge in [0.1, 0.15) is 0 Å². The molecular weight excluding hydrogens is 415 g/mol. The summed E-state index contributed by atoms with van der Waals surface area (Å²) >= 11 is 12.0. The number of rotatable bonds is 4. The SMILES string of the molecule is COc1cc2c(cc1OC)CN([C@H]1CC(=O)N(c3ccc(Cl)c(Cl)c3)C1=O)CC2. The van der Waals surface area contributed by atoms with E-state index < -0.39 is 6.04 Å².